The van der Waals surface area contributed by atoms with Crippen molar-refractivity contribution in [1.29, 1.82) is 0 Å². The molecule has 0 aliphatic heterocycles. The molecule has 3 rings (SSSR count). The molecule has 0 saturated carbocycles. The molecule has 0 fully saturated rings. The largest absolute Gasteiger partial charge is 0.473 e. The van der Waals surface area contributed by atoms with Crippen LogP contribution in [0.1, 0.15) is 13.8 Å². The molecule has 0 spiro atoms. The Morgan fingerprint density at radius 1 is 1.00 bits per heavy atom. The lowest BCUT2D eigenvalue weighted by Crippen LogP contribution is -2.05. The van der Waals surface area contributed by atoms with E-state index < -0.39 is 0 Å². The normalized spacial score (nSPS) is 12.2. The minimum absolute atomic E-state index is 0.330. The van der Waals surface area contributed by atoms with Crippen LogP contribution in [-0.2, 0) is 0 Å². The van der Waals surface area contributed by atoms with Crippen molar-refractivity contribution in [2.75, 3.05) is 13.2 Å². The van der Waals surface area contributed by atoms with Crippen LogP contribution in [0, 0.1) is 0 Å². The van der Waals surface area contributed by atoms with E-state index in [0.717, 1.165) is 37.6 Å². The minimum atomic E-state index is 0.330. The molecular formula is C28H27BrN2O2. The molecule has 0 N–H and O–H groups in total. The SMILES string of the molecule is C=C/C(=C\C)COc1ccc(-c2cnc3ccc(Br)cc3c2)c(OC/C(C=C)=C/C=C\C)n1. The standard InChI is InChI=1S/C28H27BrN2O2/c1-5-9-10-21(8-4)19-33-28-25(12-14-27(31-28)32-18-20(6-2)7-3)23-15-22-16-24(29)11-13-26(22)30-17-23/h5-17H,2,4,18-19H2,1,3H3/b9-5-,20-7+,21-10+. The van der Waals surface area contributed by atoms with Gasteiger partial charge in [-0.15, -0.1) is 0 Å². The van der Waals surface area contributed by atoms with Gasteiger partial charge in [-0.1, -0.05) is 65.5 Å². The highest BCUT2D eigenvalue weighted by molar-refractivity contribution is 9.10. The summed E-state index contributed by atoms with van der Waals surface area (Å²) in [5.41, 5.74) is 4.59. The van der Waals surface area contributed by atoms with E-state index >= 15 is 0 Å². The number of benzene rings is 1. The van der Waals surface area contributed by atoms with Crippen LogP contribution in [-0.4, -0.2) is 23.2 Å². The molecule has 1 aromatic carbocycles. The lowest BCUT2D eigenvalue weighted by molar-refractivity contribution is 0.313. The monoisotopic (exact) mass is 502 g/mol. The number of halogens is 1. The zero-order chi connectivity index (χ0) is 23.6. The Labute approximate surface area is 203 Å². The Balaban J connectivity index is 1.98. The van der Waals surface area contributed by atoms with Crippen LogP contribution in [0.3, 0.4) is 0 Å². The molecule has 2 heterocycles. The molecule has 0 unspecified atom stereocenters. The van der Waals surface area contributed by atoms with E-state index in [1.54, 1.807) is 12.2 Å². The third-order valence-corrected chi connectivity index (χ3v) is 5.44. The molecule has 0 bridgehead atoms. The van der Waals surface area contributed by atoms with Gasteiger partial charge >= 0.3 is 0 Å². The van der Waals surface area contributed by atoms with Crippen molar-refractivity contribution < 1.29 is 9.47 Å². The second kappa shape index (κ2) is 12.0. The quantitative estimate of drug-likeness (QED) is 0.267. The Morgan fingerprint density at radius 2 is 1.79 bits per heavy atom. The van der Waals surface area contributed by atoms with Gasteiger partial charge in [0.2, 0.25) is 11.8 Å². The molecule has 0 aliphatic carbocycles. The van der Waals surface area contributed by atoms with Crippen LogP contribution in [0.2, 0.25) is 0 Å². The van der Waals surface area contributed by atoms with Crippen LogP contribution in [0.25, 0.3) is 22.0 Å². The maximum absolute atomic E-state index is 6.14. The first-order valence-electron chi connectivity index (χ1n) is 10.6. The van der Waals surface area contributed by atoms with Gasteiger partial charge in [0, 0.05) is 33.2 Å². The van der Waals surface area contributed by atoms with Crippen LogP contribution in [0.4, 0.5) is 0 Å². The third-order valence-electron chi connectivity index (χ3n) is 4.95. The molecule has 33 heavy (non-hydrogen) atoms. The van der Waals surface area contributed by atoms with Gasteiger partial charge in [0.25, 0.3) is 0 Å². The molecule has 3 aromatic rings. The Hall–Kier alpha value is -3.44. The molecule has 0 saturated heterocycles. The van der Waals surface area contributed by atoms with E-state index in [9.17, 15) is 0 Å². The highest BCUT2D eigenvalue weighted by Gasteiger charge is 2.13. The number of fused-ring (bicyclic) bond motifs is 1. The molecule has 0 atom stereocenters. The molecule has 168 valence electrons. The first kappa shape index (κ1) is 24.2. The third kappa shape index (κ3) is 6.53. The molecule has 0 amide bonds. The highest BCUT2D eigenvalue weighted by Crippen LogP contribution is 2.32. The lowest BCUT2D eigenvalue weighted by atomic mass is 10.1. The van der Waals surface area contributed by atoms with Crippen molar-refractivity contribution in [3.63, 3.8) is 0 Å². The first-order valence-corrected chi connectivity index (χ1v) is 11.4. The van der Waals surface area contributed by atoms with E-state index in [0.29, 0.717) is 25.0 Å². The summed E-state index contributed by atoms with van der Waals surface area (Å²) in [7, 11) is 0. The van der Waals surface area contributed by atoms with Crippen molar-refractivity contribution in [2.45, 2.75) is 13.8 Å². The summed E-state index contributed by atoms with van der Waals surface area (Å²) in [6.07, 6.45) is 13.2. The molecule has 2 aromatic heterocycles. The maximum atomic E-state index is 6.14. The van der Waals surface area contributed by atoms with E-state index in [-0.39, 0.29) is 0 Å². The van der Waals surface area contributed by atoms with Crippen LogP contribution >= 0.6 is 15.9 Å². The van der Waals surface area contributed by atoms with Crippen molar-refractivity contribution in [3.05, 3.63) is 108 Å². The average Bonchev–Trinajstić information content (AvgIpc) is 2.84. The number of hydrogen-bond acceptors (Lipinski definition) is 4. The highest BCUT2D eigenvalue weighted by atomic mass is 79.9. The van der Waals surface area contributed by atoms with E-state index in [4.69, 9.17) is 9.47 Å². The van der Waals surface area contributed by atoms with Crippen LogP contribution in [0.15, 0.2) is 108 Å². The lowest BCUT2D eigenvalue weighted by Gasteiger charge is -2.14. The zero-order valence-electron chi connectivity index (χ0n) is 18.9. The fourth-order valence-corrected chi connectivity index (χ4v) is 3.43. The summed E-state index contributed by atoms with van der Waals surface area (Å²) >= 11 is 3.53. The van der Waals surface area contributed by atoms with Crippen LogP contribution < -0.4 is 9.47 Å². The van der Waals surface area contributed by atoms with E-state index in [1.807, 2.05) is 74.7 Å². The fraction of sp³-hybridized carbons (Fsp3) is 0.143. The van der Waals surface area contributed by atoms with Gasteiger partial charge in [-0.05, 0) is 55.3 Å². The smallest absolute Gasteiger partial charge is 0.225 e. The first-order chi connectivity index (χ1) is 16.1. The molecule has 0 aliphatic rings. The summed E-state index contributed by atoms with van der Waals surface area (Å²) in [6.45, 7) is 12.3. The Morgan fingerprint density at radius 3 is 2.52 bits per heavy atom. The fourth-order valence-electron chi connectivity index (χ4n) is 3.05. The number of allylic oxidation sites excluding steroid dienone is 4. The van der Waals surface area contributed by atoms with Crippen molar-refractivity contribution >= 4 is 26.8 Å². The number of hydrogen-bond donors (Lipinski definition) is 0. The van der Waals surface area contributed by atoms with Gasteiger partial charge in [-0.3, -0.25) is 4.98 Å². The number of nitrogens with zero attached hydrogens (tertiary/aromatic N) is 2. The second-order valence-corrected chi connectivity index (χ2v) is 8.10. The predicted octanol–water partition coefficient (Wildman–Crippen LogP) is 7.64. The van der Waals surface area contributed by atoms with Gasteiger partial charge < -0.3 is 9.47 Å². The summed E-state index contributed by atoms with van der Waals surface area (Å²) in [5, 5.41) is 1.02. The van der Waals surface area contributed by atoms with Crippen molar-refractivity contribution in [2.24, 2.45) is 0 Å². The van der Waals surface area contributed by atoms with E-state index in [1.165, 1.54) is 0 Å². The molecule has 4 nitrogen and oxygen atoms in total. The Bertz CT molecular complexity index is 1240. The predicted molar refractivity (Wildman–Crippen MR) is 141 cm³/mol. The number of rotatable bonds is 10. The zero-order valence-corrected chi connectivity index (χ0v) is 20.5. The van der Waals surface area contributed by atoms with Gasteiger partial charge in [0.1, 0.15) is 13.2 Å². The van der Waals surface area contributed by atoms with Crippen molar-refractivity contribution in [1.82, 2.24) is 9.97 Å². The summed E-state index contributed by atoms with van der Waals surface area (Å²) in [6, 6.07) is 11.9. The number of ether oxygens (including phenoxy) is 2. The second-order valence-electron chi connectivity index (χ2n) is 7.18. The molecule has 5 heteroatoms. The maximum Gasteiger partial charge on any atom is 0.225 e. The molecule has 0 radical (unpaired) electrons. The average molecular weight is 503 g/mol. The van der Waals surface area contributed by atoms with Gasteiger partial charge in [0.15, 0.2) is 0 Å². The van der Waals surface area contributed by atoms with Crippen molar-refractivity contribution in [3.8, 4) is 22.9 Å². The van der Waals surface area contributed by atoms with Gasteiger partial charge in [-0.2, -0.15) is 4.98 Å². The summed E-state index contributed by atoms with van der Waals surface area (Å²) in [5.74, 6) is 0.946. The van der Waals surface area contributed by atoms with Crippen LogP contribution in [0.5, 0.6) is 11.8 Å². The summed E-state index contributed by atoms with van der Waals surface area (Å²) in [4.78, 5) is 9.26. The van der Waals surface area contributed by atoms with Gasteiger partial charge in [0.05, 0.1) is 5.52 Å². The summed E-state index contributed by atoms with van der Waals surface area (Å²) < 4.78 is 13.0. The van der Waals surface area contributed by atoms with E-state index in [2.05, 4.69) is 45.1 Å². The topological polar surface area (TPSA) is 44.2 Å². The minimum Gasteiger partial charge on any atom is -0.473 e. The number of aromatic nitrogens is 2. The molecular weight excluding hydrogens is 476 g/mol. The number of pyridine rings is 2. The van der Waals surface area contributed by atoms with Gasteiger partial charge in [-0.25, -0.2) is 0 Å². The Kier molecular flexibility index (Phi) is 8.79.